The van der Waals surface area contributed by atoms with E-state index in [-0.39, 0.29) is 22.5 Å². The number of rotatable bonds is 8. The molecular weight excluding hydrogens is 919 g/mol. The average molecular weight is 947 g/mol. The highest BCUT2D eigenvalue weighted by molar-refractivity contribution is 6.10. The Morgan fingerprint density at radius 3 is 1.33 bits per heavy atom. The van der Waals surface area contributed by atoms with Gasteiger partial charge in [0.1, 0.15) is 0 Å². The lowest BCUT2D eigenvalue weighted by molar-refractivity contribution is 0.381. The maximum absolute atomic E-state index is 14.9. The summed E-state index contributed by atoms with van der Waals surface area (Å²) in [6.07, 6.45) is 3.34. The minimum absolute atomic E-state index is 0.289. The molecule has 2 heterocycles. The molecule has 0 aliphatic rings. The molecule has 9 aromatic carbocycles. The fraction of sp³-hybridized carbons (Fsp3) is 0. The van der Waals surface area contributed by atoms with Gasteiger partial charge in [0.05, 0.1) is 33.2 Å². The van der Waals surface area contributed by atoms with E-state index in [0.717, 1.165) is 85.0 Å². The van der Waals surface area contributed by atoms with Crippen molar-refractivity contribution in [1.82, 2.24) is 14.5 Å². The lowest BCUT2D eigenvalue weighted by Crippen LogP contribution is -2.10. The maximum Gasteiger partial charge on any atom is 0.200 e. The second-order valence-corrected chi connectivity index (χ2v) is 16.2. The predicted molar refractivity (Wildman–Crippen MR) is 250 cm³/mol. The molecule has 70 heavy (non-hydrogen) atoms. The van der Waals surface area contributed by atoms with Crippen molar-refractivity contribution >= 4 is 49.9 Å². The highest BCUT2D eigenvalue weighted by Crippen LogP contribution is 2.42. The first-order valence-electron chi connectivity index (χ1n) is 21.4. The van der Waals surface area contributed by atoms with E-state index in [4.69, 9.17) is 0 Å². The topological polar surface area (TPSA) is 34.0 Å². The van der Waals surface area contributed by atoms with Gasteiger partial charge in [-0.3, -0.25) is 9.97 Å². The Morgan fingerprint density at radius 1 is 0.343 bits per heavy atom. The highest BCUT2D eigenvalue weighted by Gasteiger charge is 2.29. The van der Waals surface area contributed by atoms with Gasteiger partial charge in [-0.25, -0.2) is 43.9 Å². The summed E-state index contributed by atoms with van der Waals surface area (Å²) >= 11 is 0. The third kappa shape index (κ3) is 7.09. The number of hydrogen-bond acceptors (Lipinski definition) is 3. The van der Waals surface area contributed by atoms with Crippen molar-refractivity contribution in [3.05, 3.63) is 228 Å². The van der Waals surface area contributed by atoms with E-state index < -0.39 is 69.3 Å². The smallest absolute Gasteiger partial charge is 0.200 e. The van der Waals surface area contributed by atoms with Gasteiger partial charge in [-0.15, -0.1) is 0 Å². The predicted octanol–water partition coefficient (Wildman–Crippen LogP) is 16.3. The van der Waals surface area contributed by atoms with Crippen LogP contribution >= 0.6 is 0 Å². The first kappa shape index (κ1) is 43.8. The minimum atomic E-state index is -2.30. The normalized spacial score (nSPS) is 11.6. The lowest BCUT2D eigenvalue weighted by Gasteiger charge is -2.26. The second kappa shape index (κ2) is 17.1. The van der Waals surface area contributed by atoms with Crippen LogP contribution in [-0.2, 0) is 0 Å². The van der Waals surface area contributed by atoms with Crippen molar-refractivity contribution in [2.45, 2.75) is 0 Å². The third-order valence-electron chi connectivity index (χ3n) is 12.3. The van der Waals surface area contributed by atoms with Crippen molar-refractivity contribution < 1.29 is 43.9 Å². The van der Waals surface area contributed by atoms with Gasteiger partial charge in [0, 0.05) is 51.5 Å². The summed E-state index contributed by atoms with van der Waals surface area (Å²) in [5.41, 5.74) is 6.20. The molecule has 0 amide bonds. The molecule has 0 radical (unpaired) electrons. The Morgan fingerprint density at radius 2 is 0.786 bits per heavy atom. The SMILES string of the molecule is Fc1c(F)c(F)c(-c2ccc(N(c3ccc(-c4ccc5c(c4)c4ccccc4n5-c4ccc(-c5cccc6nccnc56)cc4)cc3)c3ccc(-c4c(F)c(F)c(F)c(F)c4F)cc3)cc2)c(F)c1F. The number of aromatic nitrogens is 3. The molecule has 0 spiro atoms. The van der Waals surface area contributed by atoms with Crippen molar-refractivity contribution in [2.24, 2.45) is 0 Å². The Balaban J connectivity index is 0.968. The number of nitrogens with zero attached hydrogens (tertiary/aromatic N) is 4. The molecule has 0 saturated carbocycles. The fourth-order valence-electron chi connectivity index (χ4n) is 8.97. The van der Waals surface area contributed by atoms with Gasteiger partial charge in [-0.2, -0.15) is 0 Å². The first-order chi connectivity index (χ1) is 33.9. The standard InChI is InChI=1S/C56H28F10N4/c57-46-44(47(58)51(62)54(65)50(46)61)31-12-21-35(22-13-31)69(36-23-14-32(15-24-36)45-48(59)52(63)55(66)53(64)49(45)60)34-17-8-29(9-18-34)33-16-25-43-40(28-33)39-4-1-2-7-42(39)70(43)37-19-10-30(11-20-37)38-5-3-6-41-56(38)68-27-26-67-41/h1-28H. The Labute approximate surface area is 390 Å². The number of fused-ring (bicyclic) bond motifs is 4. The molecule has 0 unspecified atom stereocenters. The van der Waals surface area contributed by atoms with Crippen LogP contribution in [0.3, 0.4) is 0 Å². The molecule has 4 nitrogen and oxygen atoms in total. The van der Waals surface area contributed by atoms with Crippen molar-refractivity contribution in [2.75, 3.05) is 4.90 Å². The summed E-state index contributed by atoms with van der Waals surface area (Å²) in [7, 11) is 0. The fourth-order valence-corrected chi connectivity index (χ4v) is 8.97. The summed E-state index contributed by atoms with van der Waals surface area (Å²) in [6, 6.07) is 45.5. The molecule has 2 aromatic heterocycles. The first-order valence-corrected chi connectivity index (χ1v) is 21.4. The molecule has 0 saturated heterocycles. The van der Waals surface area contributed by atoms with Gasteiger partial charge >= 0.3 is 0 Å². The molecule has 11 rings (SSSR count). The van der Waals surface area contributed by atoms with E-state index in [1.807, 2.05) is 54.6 Å². The number of hydrogen-bond donors (Lipinski definition) is 0. The molecule has 0 bridgehead atoms. The third-order valence-corrected chi connectivity index (χ3v) is 12.3. The maximum atomic E-state index is 14.9. The number of halogens is 10. The van der Waals surface area contributed by atoms with Crippen LogP contribution in [0.25, 0.3) is 83.0 Å². The van der Waals surface area contributed by atoms with Crippen LogP contribution in [0, 0.1) is 58.2 Å². The van der Waals surface area contributed by atoms with E-state index in [1.165, 1.54) is 24.3 Å². The van der Waals surface area contributed by atoms with Crippen molar-refractivity contribution in [1.29, 1.82) is 0 Å². The van der Waals surface area contributed by atoms with Gasteiger partial charge in [0.2, 0.25) is 11.6 Å². The van der Waals surface area contributed by atoms with E-state index >= 15 is 0 Å². The zero-order valence-corrected chi connectivity index (χ0v) is 35.7. The molecular formula is C56H28F10N4. The summed E-state index contributed by atoms with van der Waals surface area (Å²) < 4.78 is 146. The summed E-state index contributed by atoms with van der Waals surface area (Å²) in [5, 5.41) is 1.99. The zero-order chi connectivity index (χ0) is 48.5. The van der Waals surface area contributed by atoms with Gasteiger partial charge in [-0.1, -0.05) is 84.9 Å². The monoisotopic (exact) mass is 946 g/mol. The lowest BCUT2D eigenvalue weighted by atomic mass is 10.0. The van der Waals surface area contributed by atoms with Crippen molar-refractivity contribution in [3.8, 4) is 50.2 Å². The molecule has 342 valence electrons. The zero-order valence-electron chi connectivity index (χ0n) is 35.7. The quantitative estimate of drug-likeness (QED) is 0.0865. The highest BCUT2D eigenvalue weighted by atomic mass is 19.2. The van der Waals surface area contributed by atoms with Crippen LogP contribution in [0.2, 0.25) is 0 Å². The van der Waals surface area contributed by atoms with Crippen LogP contribution in [-0.4, -0.2) is 14.5 Å². The summed E-state index contributed by atoms with van der Waals surface area (Å²) in [4.78, 5) is 10.6. The van der Waals surface area contributed by atoms with Crippen LogP contribution in [0.5, 0.6) is 0 Å². The Bertz CT molecular complexity index is 3700. The Hall–Kier alpha value is -8.78. The molecule has 0 fully saturated rings. The van der Waals surface area contributed by atoms with E-state index in [9.17, 15) is 43.9 Å². The van der Waals surface area contributed by atoms with Crippen LogP contribution in [0.4, 0.5) is 61.0 Å². The van der Waals surface area contributed by atoms with Crippen LogP contribution in [0.1, 0.15) is 0 Å². The van der Waals surface area contributed by atoms with Crippen molar-refractivity contribution in [3.63, 3.8) is 0 Å². The van der Waals surface area contributed by atoms with Gasteiger partial charge in [-0.05, 0) is 101 Å². The largest absolute Gasteiger partial charge is 0.311 e. The Kier molecular flexibility index (Phi) is 10.7. The summed E-state index contributed by atoms with van der Waals surface area (Å²) in [5.74, 6) is -21.2. The molecule has 0 aliphatic heterocycles. The molecule has 11 aromatic rings. The number of anilines is 3. The molecule has 0 aliphatic carbocycles. The molecule has 14 heteroatoms. The van der Waals surface area contributed by atoms with E-state index in [1.54, 1.807) is 29.4 Å². The number of benzene rings is 9. The van der Waals surface area contributed by atoms with E-state index in [0.29, 0.717) is 5.69 Å². The van der Waals surface area contributed by atoms with Crippen LogP contribution < -0.4 is 4.90 Å². The van der Waals surface area contributed by atoms with Gasteiger partial charge in [0.15, 0.2) is 46.5 Å². The summed E-state index contributed by atoms with van der Waals surface area (Å²) in [6.45, 7) is 0. The van der Waals surface area contributed by atoms with Gasteiger partial charge in [0.25, 0.3) is 0 Å². The molecule has 0 N–H and O–H groups in total. The average Bonchev–Trinajstić information content (AvgIpc) is 3.73. The second-order valence-electron chi connectivity index (χ2n) is 16.2. The minimum Gasteiger partial charge on any atom is -0.311 e. The molecule has 0 atom stereocenters. The van der Waals surface area contributed by atoms with Crippen LogP contribution in [0.15, 0.2) is 170 Å². The van der Waals surface area contributed by atoms with Gasteiger partial charge < -0.3 is 9.47 Å². The van der Waals surface area contributed by atoms with E-state index in [2.05, 4.69) is 57.0 Å². The number of para-hydroxylation sites is 2.